The highest BCUT2D eigenvalue weighted by molar-refractivity contribution is 5.93. The van der Waals surface area contributed by atoms with Crippen LogP contribution >= 0.6 is 0 Å². The Hall–Kier alpha value is -2.92. The van der Waals surface area contributed by atoms with Crippen molar-refractivity contribution in [3.63, 3.8) is 0 Å². The van der Waals surface area contributed by atoms with E-state index in [1.54, 1.807) is 4.68 Å². The Morgan fingerprint density at radius 3 is 2.43 bits per heavy atom. The van der Waals surface area contributed by atoms with Crippen LogP contribution in [0.15, 0.2) is 66.7 Å². The highest BCUT2D eigenvalue weighted by Crippen LogP contribution is 2.25. The van der Waals surface area contributed by atoms with E-state index in [4.69, 9.17) is 9.84 Å². The average molecular weight is 375 g/mol. The van der Waals surface area contributed by atoms with E-state index >= 15 is 0 Å². The fourth-order valence-electron chi connectivity index (χ4n) is 3.47. The van der Waals surface area contributed by atoms with Gasteiger partial charge in [-0.25, -0.2) is 4.68 Å². The van der Waals surface area contributed by atoms with Crippen molar-refractivity contribution >= 4 is 5.91 Å². The van der Waals surface area contributed by atoms with Crippen LogP contribution in [0.3, 0.4) is 0 Å². The molecule has 5 heteroatoms. The Kier molecular flexibility index (Phi) is 5.26. The van der Waals surface area contributed by atoms with Gasteiger partial charge in [-0.3, -0.25) is 4.79 Å². The van der Waals surface area contributed by atoms with Crippen LogP contribution in [0.2, 0.25) is 0 Å². The van der Waals surface area contributed by atoms with E-state index in [2.05, 4.69) is 13.8 Å². The van der Waals surface area contributed by atoms with Crippen LogP contribution < -0.4 is 0 Å². The second-order valence-corrected chi connectivity index (χ2v) is 7.38. The number of para-hydroxylation sites is 1. The maximum absolute atomic E-state index is 13.4. The molecule has 1 fully saturated rings. The summed E-state index contributed by atoms with van der Waals surface area (Å²) in [7, 11) is 0. The van der Waals surface area contributed by atoms with Crippen LogP contribution in [0, 0.1) is 0 Å². The van der Waals surface area contributed by atoms with E-state index < -0.39 is 0 Å². The number of nitrogens with zero attached hydrogens (tertiary/aromatic N) is 3. The molecule has 0 N–H and O–H groups in total. The first-order chi connectivity index (χ1) is 13.6. The molecule has 1 atom stereocenters. The van der Waals surface area contributed by atoms with Crippen molar-refractivity contribution in [3.8, 4) is 5.69 Å². The minimum atomic E-state index is -0.100. The normalized spacial score (nSPS) is 17.1. The molecule has 28 heavy (non-hydrogen) atoms. The second-order valence-electron chi connectivity index (χ2n) is 7.38. The van der Waals surface area contributed by atoms with Crippen molar-refractivity contribution in [2.75, 3.05) is 19.7 Å². The van der Waals surface area contributed by atoms with Crippen LogP contribution in [0.25, 0.3) is 5.69 Å². The number of carbonyl (C=O) groups excluding carboxylic acids is 1. The number of morpholine rings is 1. The number of hydrogen-bond acceptors (Lipinski definition) is 3. The molecule has 0 aliphatic carbocycles. The van der Waals surface area contributed by atoms with Crippen molar-refractivity contribution < 1.29 is 9.53 Å². The number of benzene rings is 2. The maximum atomic E-state index is 13.4. The molecule has 1 aliphatic heterocycles. The third-order valence-corrected chi connectivity index (χ3v) is 5.06. The number of hydrogen-bond donors (Lipinski definition) is 0. The van der Waals surface area contributed by atoms with Crippen molar-refractivity contribution in [3.05, 3.63) is 83.7 Å². The molecule has 144 valence electrons. The Morgan fingerprint density at radius 1 is 1.07 bits per heavy atom. The van der Waals surface area contributed by atoms with E-state index in [0.29, 0.717) is 25.4 Å². The molecule has 1 unspecified atom stereocenters. The predicted molar refractivity (Wildman–Crippen MR) is 109 cm³/mol. The molecule has 4 rings (SSSR count). The highest BCUT2D eigenvalue weighted by Gasteiger charge is 2.29. The van der Waals surface area contributed by atoms with Crippen LogP contribution in [0.5, 0.6) is 0 Å². The minimum absolute atomic E-state index is 0.00696. The highest BCUT2D eigenvalue weighted by atomic mass is 16.5. The third-order valence-electron chi connectivity index (χ3n) is 5.06. The van der Waals surface area contributed by atoms with Crippen LogP contribution in [-0.4, -0.2) is 40.3 Å². The van der Waals surface area contributed by atoms with Gasteiger partial charge in [-0.2, -0.15) is 5.10 Å². The van der Waals surface area contributed by atoms with Gasteiger partial charge in [0.1, 0.15) is 11.8 Å². The molecule has 0 radical (unpaired) electrons. The number of amides is 1. The van der Waals surface area contributed by atoms with Crippen molar-refractivity contribution in [2.45, 2.75) is 25.9 Å². The molecule has 0 spiro atoms. The molecular weight excluding hydrogens is 350 g/mol. The summed E-state index contributed by atoms with van der Waals surface area (Å²) in [5.41, 5.74) is 3.51. The third kappa shape index (κ3) is 3.71. The SMILES string of the molecule is CC(C)c1cc(C(=O)N2CCOC(c3ccccc3)C2)n(-c2ccccc2)n1. The molecule has 1 saturated heterocycles. The molecule has 0 bridgehead atoms. The van der Waals surface area contributed by atoms with Crippen molar-refractivity contribution in [1.82, 2.24) is 14.7 Å². The van der Waals surface area contributed by atoms with Crippen LogP contribution in [0.4, 0.5) is 0 Å². The van der Waals surface area contributed by atoms with Gasteiger partial charge in [0.15, 0.2) is 0 Å². The van der Waals surface area contributed by atoms with E-state index in [1.807, 2.05) is 71.6 Å². The summed E-state index contributed by atoms with van der Waals surface area (Å²) in [6.45, 7) is 5.83. The lowest BCUT2D eigenvalue weighted by molar-refractivity contribution is -0.0231. The summed E-state index contributed by atoms with van der Waals surface area (Å²) in [6.07, 6.45) is -0.100. The zero-order valence-electron chi connectivity index (χ0n) is 16.3. The molecule has 1 aromatic heterocycles. The van der Waals surface area contributed by atoms with E-state index in [1.165, 1.54) is 0 Å². The van der Waals surface area contributed by atoms with Gasteiger partial charge in [0.05, 0.1) is 24.5 Å². The molecular formula is C23H25N3O2. The zero-order valence-corrected chi connectivity index (χ0v) is 16.3. The zero-order chi connectivity index (χ0) is 19.5. The molecule has 0 saturated carbocycles. The molecule has 1 amide bonds. The lowest BCUT2D eigenvalue weighted by atomic mass is 10.1. The predicted octanol–water partition coefficient (Wildman–Crippen LogP) is 4.21. The van der Waals surface area contributed by atoms with E-state index in [0.717, 1.165) is 16.9 Å². The van der Waals surface area contributed by atoms with Gasteiger partial charge in [0.25, 0.3) is 5.91 Å². The fraction of sp³-hybridized carbons (Fsp3) is 0.304. The van der Waals surface area contributed by atoms with Gasteiger partial charge in [-0.15, -0.1) is 0 Å². The number of carbonyl (C=O) groups is 1. The topological polar surface area (TPSA) is 47.4 Å². The van der Waals surface area contributed by atoms with Crippen LogP contribution in [-0.2, 0) is 4.74 Å². The van der Waals surface area contributed by atoms with Gasteiger partial charge in [-0.05, 0) is 29.7 Å². The monoisotopic (exact) mass is 375 g/mol. The van der Waals surface area contributed by atoms with Crippen LogP contribution in [0.1, 0.15) is 47.6 Å². The first kappa shape index (κ1) is 18.4. The Morgan fingerprint density at radius 2 is 1.75 bits per heavy atom. The summed E-state index contributed by atoms with van der Waals surface area (Å²) in [4.78, 5) is 15.3. The number of aromatic nitrogens is 2. The first-order valence-electron chi connectivity index (χ1n) is 9.74. The van der Waals surface area contributed by atoms with Crippen molar-refractivity contribution in [1.29, 1.82) is 0 Å². The smallest absolute Gasteiger partial charge is 0.272 e. The number of rotatable bonds is 4. The first-order valence-corrected chi connectivity index (χ1v) is 9.74. The van der Waals surface area contributed by atoms with Gasteiger partial charge < -0.3 is 9.64 Å². The lowest BCUT2D eigenvalue weighted by Gasteiger charge is -2.33. The van der Waals surface area contributed by atoms with Crippen molar-refractivity contribution in [2.24, 2.45) is 0 Å². The van der Waals surface area contributed by atoms with Gasteiger partial charge in [-0.1, -0.05) is 62.4 Å². The second kappa shape index (κ2) is 7.98. The maximum Gasteiger partial charge on any atom is 0.272 e. The Balaban J connectivity index is 1.64. The summed E-state index contributed by atoms with van der Waals surface area (Å²) in [5, 5.41) is 4.71. The molecule has 1 aliphatic rings. The summed E-state index contributed by atoms with van der Waals surface area (Å²) in [6, 6.07) is 21.8. The summed E-state index contributed by atoms with van der Waals surface area (Å²) < 4.78 is 7.69. The fourth-order valence-corrected chi connectivity index (χ4v) is 3.47. The average Bonchev–Trinajstić information content (AvgIpc) is 3.20. The number of ether oxygens (including phenoxy) is 1. The molecule has 3 aromatic rings. The van der Waals surface area contributed by atoms with E-state index in [9.17, 15) is 4.79 Å². The van der Waals surface area contributed by atoms with E-state index in [-0.39, 0.29) is 17.9 Å². The molecule has 2 heterocycles. The largest absolute Gasteiger partial charge is 0.370 e. The molecule has 5 nitrogen and oxygen atoms in total. The standard InChI is InChI=1S/C23H25N3O2/c1-17(2)20-15-21(26(24-20)19-11-7-4-8-12-19)23(27)25-13-14-28-22(16-25)18-9-5-3-6-10-18/h3-12,15,17,22H,13-14,16H2,1-2H3. The Labute approximate surface area is 165 Å². The summed E-state index contributed by atoms with van der Waals surface area (Å²) in [5.74, 6) is 0.241. The quantitative estimate of drug-likeness (QED) is 0.686. The summed E-state index contributed by atoms with van der Waals surface area (Å²) >= 11 is 0. The van der Waals surface area contributed by atoms with Gasteiger partial charge in [0.2, 0.25) is 0 Å². The Bertz CT molecular complexity index is 935. The molecule has 2 aromatic carbocycles. The van der Waals surface area contributed by atoms with Gasteiger partial charge in [0, 0.05) is 6.54 Å². The van der Waals surface area contributed by atoms with Gasteiger partial charge >= 0.3 is 0 Å². The minimum Gasteiger partial charge on any atom is -0.370 e. The lowest BCUT2D eigenvalue weighted by Crippen LogP contribution is -2.42.